The van der Waals surface area contributed by atoms with Crippen LogP contribution in [-0.2, 0) is 0 Å². The van der Waals surface area contributed by atoms with Gasteiger partial charge in [-0.15, -0.1) is 0 Å². The molecule has 0 amide bonds. The number of halogens is 2. The van der Waals surface area contributed by atoms with Crippen LogP contribution in [0, 0.1) is 6.92 Å². The topological polar surface area (TPSA) is 44.2 Å². The van der Waals surface area contributed by atoms with Crippen LogP contribution in [0.2, 0.25) is 5.15 Å². The van der Waals surface area contributed by atoms with Crippen molar-refractivity contribution >= 4 is 27.5 Å². The van der Waals surface area contributed by atoms with Gasteiger partial charge in [-0.3, -0.25) is 0 Å². The summed E-state index contributed by atoms with van der Waals surface area (Å²) in [5, 5.41) is 0.416. The predicted octanol–water partition coefficient (Wildman–Crippen LogP) is 3.66. The van der Waals surface area contributed by atoms with Gasteiger partial charge < -0.3 is 9.47 Å². The van der Waals surface area contributed by atoms with Crippen LogP contribution >= 0.6 is 27.5 Å². The summed E-state index contributed by atoms with van der Waals surface area (Å²) >= 11 is 9.09. The molecule has 0 N–H and O–H groups in total. The van der Waals surface area contributed by atoms with E-state index in [-0.39, 0.29) is 0 Å². The second kappa shape index (κ2) is 6.73. The maximum absolute atomic E-state index is 5.81. The maximum atomic E-state index is 5.81. The molecule has 0 bridgehead atoms. The molecule has 0 saturated heterocycles. The van der Waals surface area contributed by atoms with Gasteiger partial charge in [0.25, 0.3) is 0 Å². The molecule has 4 nitrogen and oxygen atoms in total. The molecule has 0 aromatic carbocycles. The molecule has 0 radical (unpaired) electrons. The molecule has 100 valence electrons. The maximum Gasteiger partial charge on any atom is 0.217 e. The molecule has 2 aromatic rings. The van der Waals surface area contributed by atoms with Crippen LogP contribution in [0.3, 0.4) is 0 Å². The smallest absolute Gasteiger partial charge is 0.217 e. The van der Waals surface area contributed by atoms with E-state index >= 15 is 0 Å². The molecular formula is C13H12BrClN2O2. The van der Waals surface area contributed by atoms with Crippen molar-refractivity contribution in [3.05, 3.63) is 45.8 Å². The van der Waals surface area contributed by atoms with Gasteiger partial charge >= 0.3 is 0 Å². The van der Waals surface area contributed by atoms with Crippen molar-refractivity contribution in [3.63, 3.8) is 0 Å². The van der Waals surface area contributed by atoms with E-state index in [1.807, 2.05) is 13.0 Å². The highest BCUT2D eigenvalue weighted by Gasteiger charge is 2.02. The molecule has 0 aliphatic heterocycles. The lowest BCUT2D eigenvalue weighted by atomic mass is 10.3. The molecule has 2 heterocycles. The standard InChI is InChI=1S/C13H12BrClN2O2/c1-9-2-3-12(15)17-13(9)19-7-6-18-10-4-5-16-11(14)8-10/h2-5,8H,6-7H2,1H3. The Hall–Kier alpha value is -1.33. The Bertz CT molecular complexity index is 566. The SMILES string of the molecule is Cc1ccc(Cl)nc1OCCOc1ccnc(Br)c1. The fourth-order valence-electron chi connectivity index (χ4n) is 1.41. The van der Waals surface area contributed by atoms with Crippen molar-refractivity contribution in [2.75, 3.05) is 13.2 Å². The molecule has 0 unspecified atom stereocenters. The molecule has 0 fully saturated rings. The zero-order chi connectivity index (χ0) is 13.7. The van der Waals surface area contributed by atoms with Crippen LogP contribution in [0.1, 0.15) is 5.56 Å². The van der Waals surface area contributed by atoms with Crippen LogP contribution < -0.4 is 9.47 Å². The molecule has 2 rings (SSSR count). The molecule has 2 aromatic heterocycles. The summed E-state index contributed by atoms with van der Waals surface area (Å²) in [5.41, 5.74) is 0.941. The second-order valence-electron chi connectivity index (χ2n) is 3.77. The van der Waals surface area contributed by atoms with E-state index < -0.39 is 0 Å². The number of aryl methyl sites for hydroxylation is 1. The van der Waals surface area contributed by atoms with Crippen molar-refractivity contribution in [1.82, 2.24) is 9.97 Å². The molecule has 0 atom stereocenters. The van der Waals surface area contributed by atoms with E-state index in [9.17, 15) is 0 Å². The molecular weight excluding hydrogens is 332 g/mol. The summed E-state index contributed by atoms with van der Waals surface area (Å²) in [4.78, 5) is 8.12. The van der Waals surface area contributed by atoms with E-state index in [0.717, 1.165) is 15.9 Å². The highest BCUT2D eigenvalue weighted by molar-refractivity contribution is 9.10. The van der Waals surface area contributed by atoms with Crippen LogP contribution in [0.15, 0.2) is 35.1 Å². The number of hydrogen-bond acceptors (Lipinski definition) is 4. The summed E-state index contributed by atoms with van der Waals surface area (Å²) in [6.45, 7) is 2.73. The Morgan fingerprint density at radius 2 is 2.00 bits per heavy atom. The zero-order valence-electron chi connectivity index (χ0n) is 10.3. The van der Waals surface area contributed by atoms with Crippen molar-refractivity contribution in [3.8, 4) is 11.6 Å². The van der Waals surface area contributed by atoms with E-state index in [2.05, 4.69) is 25.9 Å². The number of ether oxygens (including phenoxy) is 2. The summed E-state index contributed by atoms with van der Waals surface area (Å²) in [6.07, 6.45) is 1.67. The highest BCUT2D eigenvalue weighted by Crippen LogP contribution is 2.18. The third-order valence-corrected chi connectivity index (χ3v) is 2.95. The van der Waals surface area contributed by atoms with E-state index in [1.54, 1.807) is 24.4 Å². The second-order valence-corrected chi connectivity index (χ2v) is 4.97. The van der Waals surface area contributed by atoms with Gasteiger partial charge in [-0.25, -0.2) is 9.97 Å². The summed E-state index contributed by atoms with van der Waals surface area (Å²) in [5.74, 6) is 1.27. The quantitative estimate of drug-likeness (QED) is 0.614. The first-order valence-corrected chi connectivity index (χ1v) is 6.82. The number of aromatic nitrogens is 2. The van der Waals surface area contributed by atoms with E-state index in [1.165, 1.54) is 0 Å². The molecule has 0 spiro atoms. The number of rotatable bonds is 5. The minimum atomic E-state index is 0.397. The predicted molar refractivity (Wildman–Crippen MR) is 76.9 cm³/mol. The lowest BCUT2D eigenvalue weighted by molar-refractivity contribution is 0.211. The molecule has 19 heavy (non-hydrogen) atoms. The molecule has 0 aliphatic rings. The molecule has 0 aliphatic carbocycles. The van der Waals surface area contributed by atoms with Crippen molar-refractivity contribution in [1.29, 1.82) is 0 Å². The van der Waals surface area contributed by atoms with Crippen LogP contribution in [-0.4, -0.2) is 23.2 Å². The third-order valence-electron chi connectivity index (χ3n) is 2.31. The van der Waals surface area contributed by atoms with E-state index in [0.29, 0.717) is 24.2 Å². The largest absolute Gasteiger partial charge is 0.490 e. The highest BCUT2D eigenvalue weighted by atomic mass is 79.9. The average Bonchev–Trinajstić information content (AvgIpc) is 2.39. The Kier molecular flexibility index (Phi) is 4.99. The van der Waals surface area contributed by atoms with Gasteiger partial charge in [-0.1, -0.05) is 17.7 Å². The monoisotopic (exact) mass is 342 g/mol. The Morgan fingerprint density at radius 1 is 1.21 bits per heavy atom. The Balaban J connectivity index is 1.82. The van der Waals surface area contributed by atoms with Gasteiger partial charge in [0.1, 0.15) is 28.7 Å². The van der Waals surface area contributed by atoms with Gasteiger partial charge in [0.2, 0.25) is 5.88 Å². The minimum absolute atomic E-state index is 0.397. The lowest BCUT2D eigenvalue weighted by Crippen LogP contribution is -2.10. The molecule has 0 saturated carbocycles. The normalized spacial score (nSPS) is 10.3. The summed E-state index contributed by atoms with van der Waals surface area (Å²) < 4.78 is 11.8. The number of nitrogens with zero attached hydrogens (tertiary/aromatic N) is 2. The van der Waals surface area contributed by atoms with Gasteiger partial charge in [0, 0.05) is 17.8 Å². The van der Waals surface area contributed by atoms with Crippen molar-refractivity contribution in [2.45, 2.75) is 6.92 Å². The van der Waals surface area contributed by atoms with Crippen LogP contribution in [0.5, 0.6) is 11.6 Å². The summed E-state index contributed by atoms with van der Waals surface area (Å²) in [7, 11) is 0. The van der Waals surface area contributed by atoms with Crippen molar-refractivity contribution < 1.29 is 9.47 Å². The first-order chi connectivity index (χ1) is 9.15. The van der Waals surface area contributed by atoms with Gasteiger partial charge in [0.05, 0.1) is 0 Å². The fraction of sp³-hybridized carbons (Fsp3) is 0.231. The number of hydrogen-bond donors (Lipinski definition) is 0. The van der Waals surface area contributed by atoms with Gasteiger partial charge in [0.15, 0.2) is 0 Å². The Labute approximate surface area is 124 Å². The number of pyridine rings is 2. The molecule has 6 heteroatoms. The first-order valence-electron chi connectivity index (χ1n) is 5.65. The first kappa shape index (κ1) is 14.1. The van der Waals surface area contributed by atoms with Crippen LogP contribution in [0.4, 0.5) is 0 Å². The minimum Gasteiger partial charge on any atom is -0.490 e. The van der Waals surface area contributed by atoms with Crippen LogP contribution in [0.25, 0.3) is 0 Å². The fourth-order valence-corrected chi connectivity index (χ4v) is 1.89. The van der Waals surface area contributed by atoms with E-state index in [4.69, 9.17) is 21.1 Å². The van der Waals surface area contributed by atoms with Gasteiger partial charge in [-0.05, 0) is 35.0 Å². The third kappa shape index (κ3) is 4.36. The Morgan fingerprint density at radius 3 is 2.79 bits per heavy atom. The van der Waals surface area contributed by atoms with Crippen molar-refractivity contribution in [2.24, 2.45) is 0 Å². The summed E-state index contributed by atoms with van der Waals surface area (Å²) in [6, 6.07) is 7.18. The van der Waals surface area contributed by atoms with Gasteiger partial charge in [-0.2, -0.15) is 0 Å². The lowest BCUT2D eigenvalue weighted by Gasteiger charge is -2.09. The average molecular weight is 344 g/mol. The zero-order valence-corrected chi connectivity index (χ0v) is 12.6.